The topological polar surface area (TPSA) is 119 Å². The van der Waals surface area contributed by atoms with Crippen molar-refractivity contribution < 1.29 is 23.8 Å². The van der Waals surface area contributed by atoms with Gasteiger partial charge in [0.1, 0.15) is 10.9 Å². The average molecular weight is 585 g/mol. The molecule has 4 heterocycles. The van der Waals surface area contributed by atoms with Gasteiger partial charge in [-0.25, -0.2) is 4.98 Å². The summed E-state index contributed by atoms with van der Waals surface area (Å²) in [6.45, 7) is 4.82. The minimum absolute atomic E-state index is 0.0465. The van der Waals surface area contributed by atoms with Crippen molar-refractivity contribution in [2.45, 2.75) is 24.7 Å². The lowest BCUT2D eigenvalue weighted by Crippen LogP contribution is -2.37. The van der Waals surface area contributed by atoms with E-state index in [1.54, 1.807) is 24.1 Å². The predicted octanol–water partition coefficient (Wildman–Crippen LogP) is 3.62. The Labute approximate surface area is 240 Å². The van der Waals surface area contributed by atoms with E-state index in [1.165, 1.54) is 13.3 Å². The van der Waals surface area contributed by atoms with Gasteiger partial charge in [-0.2, -0.15) is 0 Å². The Kier molecular flexibility index (Phi) is 7.34. The molecule has 0 radical (unpaired) electrons. The summed E-state index contributed by atoms with van der Waals surface area (Å²) in [5.41, 5.74) is 2.65. The maximum atomic E-state index is 13.7. The Morgan fingerprint density at radius 1 is 1.20 bits per heavy atom. The maximum absolute atomic E-state index is 13.7. The van der Waals surface area contributed by atoms with Gasteiger partial charge in [-0.15, -0.1) is 5.10 Å². The molecule has 1 saturated heterocycles. The van der Waals surface area contributed by atoms with E-state index in [4.69, 9.17) is 25.8 Å². The van der Waals surface area contributed by atoms with Gasteiger partial charge in [0.05, 0.1) is 38.5 Å². The molecule has 2 aliphatic heterocycles. The van der Waals surface area contributed by atoms with Gasteiger partial charge in [0, 0.05) is 43.5 Å². The van der Waals surface area contributed by atoms with Crippen LogP contribution in [0.4, 0.5) is 10.8 Å². The molecular weight excluding hydrogens is 556 g/mol. The van der Waals surface area contributed by atoms with E-state index in [0.29, 0.717) is 39.4 Å². The summed E-state index contributed by atoms with van der Waals surface area (Å²) in [7, 11) is 3.28. The van der Waals surface area contributed by atoms with Crippen LogP contribution in [0.15, 0.2) is 24.4 Å². The number of pyridine rings is 1. The first-order chi connectivity index (χ1) is 19.4. The highest BCUT2D eigenvalue weighted by molar-refractivity contribution is 7.17. The number of hydrogen-bond acceptors (Lipinski definition) is 10. The number of carbonyl (C=O) groups is 2. The number of hydrogen-bond donors (Lipinski definition) is 1. The van der Waals surface area contributed by atoms with E-state index in [0.717, 1.165) is 74.7 Å². The summed E-state index contributed by atoms with van der Waals surface area (Å²) in [5.74, 6) is 0.107. The van der Waals surface area contributed by atoms with Gasteiger partial charge in [0.15, 0.2) is 0 Å². The van der Waals surface area contributed by atoms with Crippen molar-refractivity contribution in [2.75, 3.05) is 63.8 Å². The van der Waals surface area contributed by atoms with Crippen LogP contribution < -0.4 is 19.7 Å². The van der Waals surface area contributed by atoms with Crippen molar-refractivity contribution in [1.82, 2.24) is 20.1 Å². The number of nitrogens with one attached hydrogen (secondary N) is 1. The van der Waals surface area contributed by atoms with Crippen LogP contribution in [-0.4, -0.2) is 85.5 Å². The fourth-order valence-corrected chi connectivity index (χ4v) is 6.13. The molecule has 1 saturated carbocycles. The zero-order valence-electron chi connectivity index (χ0n) is 22.2. The van der Waals surface area contributed by atoms with Gasteiger partial charge in [-0.05, 0) is 59.9 Å². The highest BCUT2D eigenvalue weighted by atomic mass is 35.5. The summed E-state index contributed by atoms with van der Waals surface area (Å²) in [4.78, 5) is 34.8. The number of fused-ring (bicyclic) bond motifs is 2. The summed E-state index contributed by atoms with van der Waals surface area (Å²) in [5, 5.41) is 12.0. The molecule has 6 rings (SSSR count). The van der Waals surface area contributed by atoms with Crippen molar-refractivity contribution in [1.29, 1.82) is 0 Å². The molecule has 1 spiro atoms. The minimum Gasteiger partial charge on any atom is -0.494 e. The molecule has 11 nitrogen and oxygen atoms in total. The van der Waals surface area contributed by atoms with Crippen molar-refractivity contribution in [3.8, 4) is 22.1 Å². The molecule has 210 valence electrons. The number of methoxy groups -OCH3 is 1. The van der Waals surface area contributed by atoms with Crippen LogP contribution in [0.3, 0.4) is 0 Å². The number of rotatable bonds is 9. The number of amides is 2. The summed E-state index contributed by atoms with van der Waals surface area (Å²) >= 11 is 7.41. The lowest BCUT2D eigenvalue weighted by Gasteiger charge is -2.26. The Bertz CT molecular complexity index is 1460. The van der Waals surface area contributed by atoms with Gasteiger partial charge >= 0.3 is 0 Å². The molecule has 13 heteroatoms. The molecule has 0 atom stereocenters. The predicted molar refractivity (Wildman–Crippen MR) is 151 cm³/mol. The number of likely N-dealkylation sites (N-methyl/N-ethyl adjacent to an activating group) is 1. The fraction of sp³-hybridized carbons (Fsp3) is 0.444. The van der Waals surface area contributed by atoms with Crippen molar-refractivity contribution in [2.24, 2.45) is 0 Å². The zero-order valence-corrected chi connectivity index (χ0v) is 23.8. The van der Waals surface area contributed by atoms with Crippen molar-refractivity contribution in [3.63, 3.8) is 0 Å². The SMILES string of the molecule is COc1cnc(Cl)cc1-c1cc2c(cc1C(=O)Nc1nnc(OCCCN3CCOCC3)s1)N(C)C(=O)C21CC1. The number of halogens is 1. The number of carbonyl (C=O) groups excluding carboxylic acids is 2. The third kappa shape index (κ3) is 5.00. The van der Waals surface area contributed by atoms with Gasteiger partial charge in [0.2, 0.25) is 11.0 Å². The van der Waals surface area contributed by atoms with Gasteiger partial charge in [-0.3, -0.25) is 19.8 Å². The summed E-state index contributed by atoms with van der Waals surface area (Å²) in [6, 6.07) is 5.32. The molecule has 0 bridgehead atoms. The van der Waals surface area contributed by atoms with E-state index in [9.17, 15) is 9.59 Å². The number of ether oxygens (including phenoxy) is 3. The van der Waals surface area contributed by atoms with E-state index in [-0.39, 0.29) is 11.1 Å². The maximum Gasteiger partial charge on any atom is 0.295 e. The molecule has 2 fully saturated rings. The number of benzene rings is 1. The molecule has 1 aromatic carbocycles. The van der Waals surface area contributed by atoms with Crippen LogP contribution in [-0.2, 0) is 14.9 Å². The van der Waals surface area contributed by atoms with Crippen LogP contribution in [0.5, 0.6) is 10.9 Å². The van der Waals surface area contributed by atoms with E-state index >= 15 is 0 Å². The molecular formula is C27H29ClN6O5S. The number of anilines is 2. The monoisotopic (exact) mass is 584 g/mol. The Morgan fingerprint density at radius 2 is 2.00 bits per heavy atom. The molecule has 0 unspecified atom stereocenters. The third-order valence-electron chi connectivity index (χ3n) is 7.64. The van der Waals surface area contributed by atoms with Crippen LogP contribution in [0.1, 0.15) is 35.2 Å². The van der Waals surface area contributed by atoms with Crippen molar-refractivity contribution in [3.05, 3.63) is 40.7 Å². The second-order valence-corrected chi connectivity index (χ2v) is 11.4. The fourth-order valence-electron chi connectivity index (χ4n) is 5.36. The quantitative estimate of drug-likeness (QED) is 0.297. The molecule has 1 aliphatic carbocycles. The second kappa shape index (κ2) is 10.9. The first kappa shape index (κ1) is 26.9. The lowest BCUT2D eigenvalue weighted by atomic mass is 9.90. The molecule has 3 aromatic rings. The normalized spacial score (nSPS) is 17.7. The number of nitrogens with zero attached hydrogens (tertiary/aromatic N) is 5. The second-order valence-electron chi connectivity index (χ2n) is 10.1. The largest absolute Gasteiger partial charge is 0.494 e. The minimum atomic E-state index is -0.523. The standard InChI is InChI=1S/C27H29ClN6O5S/c1-33-20-13-18(23(35)30-25-31-32-26(40-25)39-9-3-6-34-7-10-38-11-8-34)16(12-19(20)27(4-5-27)24(33)36)17-14-22(28)29-15-21(17)37-2/h12-15H,3-11H2,1-2H3,(H,30,31,35). The Morgan fingerprint density at radius 3 is 2.75 bits per heavy atom. The molecule has 40 heavy (non-hydrogen) atoms. The van der Waals surface area contributed by atoms with Crippen LogP contribution >= 0.6 is 22.9 Å². The van der Waals surface area contributed by atoms with E-state index < -0.39 is 11.3 Å². The van der Waals surface area contributed by atoms with Gasteiger partial charge in [-0.1, -0.05) is 16.7 Å². The average Bonchev–Trinajstić information content (AvgIpc) is 3.62. The first-order valence-corrected chi connectivity index (χ1v) is 14.3. The van der Waals surface area contributed by atoms with Crippen molar-refractivity contribution >= 4 is 45.6 Å². The summed E-state index contributed by atoms with van der Waals surface area (Å²) in [6.07, 6.45) is 3.93. The van der Waals surface area contributed by atoms with E-state index in [2.05, 4.69) is 25.4 Å². The highest BCUT2D eigenvalue weighted by Crippen LogP contribution is 2.58. The Balaban J connectivity index is 1.23. The molecule has 2 amide bonds. The van der Waals surface area contributed by atoms with Gasteiger partial charge in [0.25, 0.3) is 11.1 Å². The molecule has 1 N–H and O–H groups in total. The van der Waals surface area contributed by atoms with E-state index in [1.807, 2.05) is 6.07 Å². The molecule has 3 aliphatic rings. The smallest absolute Gasteiger partial charge is 0.295 e. The molecule has 2 aromatic heterocycles. The Hall–Kier alpha value is -3.32. The first-order valence-electron chi connectivity index (χ1n) is 13.1. The summed E-state index contributed by atoms with van der Waals surface area (Å²) < 4.78 is 16.7. The van der Waals surface area contributed by atoms with Crippen LogP contribution in [0.2, 0.25) is 5.15 Å². The van der Waals surface area contributed by atoms with Crippen LogP contribution in [0, 0.1) is 0 Å². The lowest BCUT2D eigenvalue weighted by molar-refractivity contribution is -0.119. The zero-order chi connectivity index (χ0) is 27.9. The third-order valence-corrected chi connectivity index (χ3v) is 8.60. The van der Waals surface area contributed by atoms with Crippen LogP contribution in [0.25, 0.3) is 11.1 Å². The number of aromatic nitrogens is 3. The van der Waals surface area contributed by atoms with Gasteiger partial charge < -0.3 is 19.1 Å². The highest BCUT2D eigenvalue weighted by Gasteiger charge is 2.58. The number of morpholine rings is 1.